The molecule has 28 heavy (non-hydrogen) atoms. The molecule has 2 saturated carbocycles. The first-order chi connectivity index (χ1) is 13.3. The Morgan fingerprint density at radius 2 is 1.64 bits per heavy atom. The summed E-state index contributed by atoms with van der Waals surface area (Å²) in [6.07, 6.45) is 8.29. The summed E-state index contributed by atoms with van der Waals surface area (Å²) in [6.45, 7) is 4.62. The van der Waals surface area contributed by atoms with Crippen LogP contribution in [0.2, 0.25) is 0 Å². The Morgan fingerprint density at radius 3 is 2.29 bits per heavy atom. The molecule has 0 aliphatic heterocycles. The smallest absolute Gasteiger partial charge is 0.240 e. The number of nitrogens with one attached hydrogen (secondary N) is 2. The number of aryl methyl sites for hydroxylation is 1. The van der Waals surface area contributed by atoms with Crippen molar-refractivity contribution < 1.29 is 13.2 Å². The molecule has 2 aliphatic carbocycles. The molecule has 0 saturated heterocycles. The summed E-state index contributed by atoms with van der Waals surface area (Å²) in [7, 11) is -3.46. The van der Waals surface area contributed by atoms with Gasteiger partial charge in [0.05, 0.1) is 4.90 Å². The van der Waals surface area contributed by atoms with Gasteiger partial charge in [0.15, 0.2) is 0 Å². The van der Waals surface area contributed by atoms with E-state index in [9.17, 15) is 13.2 Å². The Labute approximate surface area is 169 Å². The molecule has 5 nitrogen and oxygen atoms in total. The molecule has 1 aromatic rings. The third kappa shape index (κ3) is 5.57. The van der Waals surface area contributed by atoms with E-state index in [0.717, 1.165) is 37.7 Å². The fraction of sp³-hybridized carbons (Fsp3) is 0.682. The lowest BCUT2D eigenvalue weighted by Crippen LogP contribution is -2.44. The molecule has 0 radical (unpaired) electrons. The van der Waals surface area contributed by atoms with Crippen molar-refractivity contribution in [1.82, 2.24) is 10.0 Å². The number of carbonyl (C=O) groups excluding carboxylic acids is 1. The molecule has 0 unspecified atom stereocenters. The lowest BCUT2D eigenvalue weighted by Gasteiger charge is -2.33. The number of benzene rings is 1. The van der Waals surface area contributed by atoms with Gasteiger partial charge < -0.3 is 5.32 Å². The molecule has 0 bridgehead atoms. The SMILES string of the molecule is Cc1ccc(S(=O)(=O)NCC2CCC(C(=O)N[C@@H]3CCCC[C@@H]3C)CC2)cc1. The van der Waals surface area contributed by atoms with Crippen LogP contribution in [0.1, 0.15) is 63.9 Å². The van der Waals surface area contributed by atoms with Gasteiger partial charge in [-0.1, -0.05) is 37.5 Å². The summed E-state index contributed by atoms with van der Waals surface area (Å²) in [6, 6.07) is 7.24. The topological polar surface area (TPSA) is 75.3 Å². The highest BCUT2D eigenvalue weighted by Gasteiger charge is 2.30. The summed E-state index contributed by atoms with van der Waals surface area (Å²) in [5, 5.41) is 3.29. The molecule has 2 N–H and O–H groups in total. The van der Waals surface area contributed by atoms with E-state index in [2.05, 4.69) is 17.0 Å². The molecule has 2 aliphatic rings. The number of hydrogen-bond donors (Lipinski definition) is 2. The zero-order valence-electron chi connectivity index (χ0n) is 17.1. The van der Waals surface area contributed by atoms with E-state index < -0.39 is 10.0 Å². The Morgan fingerprint density at radius 1 is 1.00 bits per heavy atom. The van der Waals surface area contributed by atoms with Gasteiger partial charge in [0.25, 0.3) is 0 Å². The van der Waals surface area contributed by atoms with E-state index >= 15 is 0 Å². The molecule has 1 amide bonds. The Kier molecular flexibility index (Phi) is 7.15. The van der Waals surface area contributed by atoms with Crippen LogP contribution in [0.4, 0.5) is 0 Å². The van der Waals surface area contributed by atoms with Gasteiger partial charge in [0.2, 0.25) is 15.9 Å². The molecular formula is C22H34N2O3S. The van der Waals surface area contributed by atoms with Crippen LogP contribution in [0.3, 0.4) is 0 Å². The Bertz CT molecular complexity index is 752. The maximum atomic E-state index is 12.6. The van der Waals surface area contributed by atoms with E-state index in [1.165, 1.54) is 19.3 Å². The molecule has 0 aromatic heterocycles. The third-order valence-electron chi connectivity index (χ3n) is 6.55. The first kappa shape index (κ1) is 21.3. The lowest BCUT2D eigenvalue weighted by molar-refractivity contribution is -0.127. The van der Waals surface area contributed by atoms with Crippen LogP contribution >= 0.6 is 0 Å². The molecule has 2 atom stereocenters. The summed E-state index contributed by atoms with van der Waals surface area (Å²) >= 11 is 0. The number of hydrogen-bond acceptors (Lipinski definition) is 3. The lowest BCUT2D eigenvalue weighted by atomic mass is 9.80. The second-order valence-corrected chi connectivity index (χ2v) is 10.5. The number of rotatable bonds is 6. The second kappa shape index (κ2) is 9.40. The summed E-state index contributed by atoms with van der Waals surface area (Å²) < 4.78 is 27.6. The normalized spacial score (nSPS) is 28.6. The van der Waals surface area contributed by atoms with Gasteiger partial charge in [-0.15, -0.1) is 0 Å². The number of carbonyl (C=O) groups is 1. The first-order valence-electron chi connectivity index (χ1n) is 10.7. The zero-order valence-corrected chi connectivity index (χ0v) is 17.9. The fourth-order valence-corrected chi connectivity index (χ4v) is 5.60. The van der Waals surface area contributed by atoms with Crippen molar-refractivity contribution in [2.45, 2.75) is 76.2 Å². The average molecular weight is 407 g/mol. The summed E-state index contributed by atoms with van der Waals surface area (Å²) in [5.41, 5.74) is 1.04. The van der Waals surface area contributed by atoms with Gasteiger partial charge in [-0.25, -0.2) is 13.1 Å². The average Bonchev–Trinajstić information content (AvgIpc) is 2.69. The van der Waals surface area contributed by atoms with Crippen LogP contribution in [0.15, 0.2) is 29.2 Å². The van der Waals surface area contributed by atoms with Crippen LogP contribution in [0, 0.1) is 24.7 Å². The van der Waals surface area contributed by atoms with Crippen LogP contribution in [-0.2, 0) is 14.8 Å². The molecule has 2 fully saturated rings. The predicted molar refractivity (Wildman–Crippen MR) is 111 cm³/mol. The van der Waals surface area contributed by atoms with E-state index in [0.29, 0.717) is 29.3 Å². The van der Waals surface area contributed by atoms with Gasteiger partial charge in [-0.3, -0.25) is 4.79 Å². The van der Waals surface area contributed by atoms with Crippen molar-refractivity contribution in [1.29, 1.82) is 0 Å². The van der Waals surface area contributed by atoms with Crippen molar-refractivity contribution in [2.75, 3.05) is 6.54 Å². The maximum Gasteiger partial charge on any atom is 0.240 e. The van der Waals surface area contributed by atoms with Crippen molar-refractivity contribution in [2.24, 2.45) is 17.8 Å². The number of amides is 1. The quantitative estimate of drug-likeness (QED) is 0.755. The largest absolute Gasteiger partial charge is 0.353 e. The highest BCUT2D eigenvalue weighted by Crippen LogP contribution is 2.30. The van der Waals surface area contributed by atoms with Gasteiger partial charge in [0, 0.05) is 18.5 Å². The minimum absolute atomic E-state index is 0.0825. The molecule has 3 rings (SSSR count). The fourth-order valence-electron chi connectivity index (χ4n) is 4.49. The number of sulfonamides is 1. The maximum absolute atomic E-state index is 12.6. The van der Waals surface area contributed by atoms with Crippen molar-refractivity contribution in [3.8, 4) is 0 Å². The monoisotopic (exact) mass is 406 g/mol. The minimum Gasteiger partial charge on any atom is -0.353 e. The van der Waals surface area contributed by atoms with Gasteiger partial charge in [-0.05, 0) is 69.4 Å². The van der Waals surface area contributed by atoms with Crippen molar-refractivity contribution in [3.05, 3.63) is 29.8 Å². The van der Waals surface area contributed by atoms with E-state index in [-0.39, 0.29) is 11.8 Å². The van der Waals surface area contributed by atoms with Crippen LogP contribution < -0.4 is 10.0 Å². The highest BCUT2D eigenvalue weighted by atomic mass is 32.2. The third-order valence-corrected chi connectivity index (χ3v) is 7.99. The zero-order chi connectivity index (χ0) is 20.1. The molecule has 0 heterocycles. The molecular weight excluding hydrogens is 372 g/mol. The highest BCUT2D eigenvalue weighted by molar-refractivity contribution is 7.89. The predicted octanol–water partition coefficient (Wildman–Crippen LogP) is 3.77. The molecule has 1 aromatic carbocycles. The van der Waals surface area contributed by atoms with E-state index in [1.54, 1.807) is 12.1 Å². The molecule has 156 valence electrons. The molecule has 0 spiro atoms. The Hall–Kier alpha value is -1.40. The van der Waals surface area contributed by atoms with E-state index in [1.807, 2.05) is 19.1 Å². The van der Waals surface area contributed by atoms with Crippen LogP contribution in [0.5, 0.6) is 0 Å². The van der Waals surface area contributed by atoms with Gasteiger partial charge in [-0.2, -0.15) is 0 Å². The summed E-state index contributed by atoms with van der Waals surface area (Å²) in [4.78, 5) is 12.9. The van der Waals surface area contributed by atoms with Crippen LogP contribution in [0.25, 0.3) is 0 Å². The van der Waals surface area contributed by atoms with Crippen LogP contribution in [-0.4, -0.2) is 26.9 Å². The van der Waals surface area contributed by atoms with Gasteiger partial charge >= 0.3 is 0 Å². The second-order valence-electron chi connectivity index (χ2n) is 8.76. The first-order valence-corrected chi connectivity index (χ1v) is 12.2. The minimum atomic E-state index is -3.46. The summed E-state index contributed by atoms with van der Waals surface area (Å²) in [5.74, 6) is 1.17. The Balaban J connectivity index is 1.43. The standard InChI is InChI=1S/C22H34N2O3S/c1-16-7-13-20(14-8-16)28(26,27)23-15-18-9-11-19(12-10-18)22(25)24-21-6-4-3-5-17(21)2/h7-8,13-14,17-19,21,23H,3-6,9-12,15H2,1-2H3,(H,24,25)/t17-,18?,19?,21+/m0/s1. The van der Waals surface area contributed by atoms with Crippen molar-refractivity contribution >= 4 is 15.9 Å². The molecule has 6 heteroatoms. The van der Waals surface area contributed by atoms with E-state index in [4.69, 9.17) is 0 Å². The van der Waals surface area contributed by atoms with Crippen molar-refractivity contribution in [3.63, 3.8) is 0 Å². The van der Waals surface area contributed by atoms with Gasteiger partial charge in [0.1, 0.15) is 0 Å².